The van der Waals surface area contributed by atoms with Gasteiger partial charge in [-0.2, -0.15) is 0 Å². The third kappa shape index (κ3) is 2.03. The van der Waals surface area contributed by atoms with Crippen molar-refractivity contribution in [1.82, 2.24) is 0 Å². The summed E-state index contributed by atoms with van der Waals surface area (Å²) in [6, 6.07) is 39.6. The van der Waals surface area contributed by atoms with E-state index in [1.807, 2.05) is 11.3 Å². The summed E-state index contributed by atoms with van der Waals surface area (Å²) < 4.78 is 9.34. The standard InChI is InChI=1S/C31H18OS/c1-4-12-22-19(9-1)20-10-2-5-13-23(20)31(22)24-14-6-7-15-26(24)32-30-25(31)17-18-28-29(30)21-11-3-8-16-27(21)33-28/h1-18H. The SMILES string of the molecule is c1ccc2c(c1)Oc1c(ccc3sc4ccccc4c13)C21c2ccccc2-c2ccccc21. The van der Waals surface area contributed by atoms with Crippen molar-refractivity contribution in [2.45, 2.75) is 5.41 Å². The van der Waals surface area contributed by atoms with Crippen molar-refractivity contribution in [1.29, 1.82) is 0 Å². The van der Waals surface area contributed by atoms with E-state index < -0.39 is 5.41 Å². The summed E-state index contributed by atoms with van der Waals surface area (Å²) in [7, 11) is 0. The van der Waals surface area contributed by atoms with Crippen LogP contribution in [0.4, 0.5) is 0 Å². The van der Waals surface area contributed by atoms with Crippen LogP contribution in [0.15, 0.2) is 109 Å². The summed E-state index contributed by atoms with van der Waals surface area (Å²) in [5, 5.41) is 2.49. The van der Waals surface area contributed by atoms with Crippen LogP contribution in [0.1, 0.15) is 22.3 Å². The van der Waals surface area contributed by atoms with Gasteiger partial charge in [-0.05, 0) is 40.5 Å². The lowest BCUT2D eigenvalue weighted by atomic mass is 9.66. The highest BCUT2D eigenvalue weighted by atomic mass is 32.1. The Morgan fingerprint density at radius 1 is 0.515 bits per heavy atom. The predicted molar refractivity (Wildman–Crippen MR) is 137 cm³/mol. The van der Waals surface area contributed by atoms with Crippen LogP contribution in [0.2, 0.25) is 0 Å². The van der Waals surface area contributed by atoms with Gasteiger partial charge < -0.3 is 4.74 Å². The summed E-state index contributed by atoms with van der Waals surface area (Å²) in [5.74, 6) is 1.94. The van der Waals surface area contributed by atoms with E-state index in [2.05, 4.69) is 109 Å². The van der Waals surface area contributed by atoms with Crippen LogP contribution in [0.25, 0.3) is 31.3 Å². The van der Waals surface area contributed by atoms with Crippen LogP contribution < -0.4 is 4.74 Å². The molecular weight excluding hydrogens is 420 g/mol. The lowest BCUT2D eigenvalue weighted by Crippen LogP contribution is -2.32. The molecule has 154 valence electrons. The summed E-state index contributed by atoms with van der Waals surface area (Å²) in [6.45, 7) is 0. The molecular formula is C31H18OS. The average Bonchev–Trinajstić information content (AvgIpc) is 3.39. The lowest BCUT2D eigenvalue weighted by molar-refractivity contribution is 0.442. The molecule has 0 amide bonds. The van der Waals surface area contributed by atoms with E-state index in [0.717, 1.165) is 11.5 Å². The summed E-state index contributed by atoms with van der Waals surface area (Å²) in [5.41, 5.74) is 7.35. The van der Waals surface area contributed by atoms with Crippen molar-refractivity contribution in [3.8, 4) is 22.6 Å². The fourth-order valence-electron chi connectivity index (χ4n) is 6.12. The second-order valence-corrected chi connectivity index (χ2v) is 9.94. The van der Waals surface area contributed by atoms with E-state index in [0.29, 0.717) is 0 Å². The molecule has 2 aliphatic rings. The van der Waals surface area contributed by atoms with E-state index in [9.17, 15) is 0 Å². The number of benzene rings is 5. The molecule has 8 rings (SSSR count). The Balaban J connectivity index is 1.62. The van der Waals surface area contributed by atoms with Crippen LogP contribution in [0, 0.1) is 0 Å². The Bertz CT molecular complexity index is 1710. The van der Waals surface area contributed by atoms with Crippen LogP contribution >= 0.6 is 11.3 Å². The molecule has 0 atom stereocenters. The number of rotatable bonds is 0. The summed E-state index contributed by atoms with van der Waals surface area (Å²) >= 11 is 1.84. The number of fused-ring (bicyclic) bond motifs is 13. The maximum absolute atomic E-state index is 6.78. The van der Waals surface area contributed by atoms with E-state index >= 15 is 0 Å². The quantitative estimate of drug-likeness (QED) is 0.230. The van der Waals surface area contributed by atoms with Crippen molar-refractivity contribution in [3.05, 3.63) is 131 Å². The molecule has 0 radical (unpaired) electrons. The molecule has 2 heterocycles. The van der Waals surface area contributed by atoms with Crippen LogP contribution in [-0.4, -0.2) is 0 Å². The fourth-order valence-corrected chi connectivity index (χ4v) is 7.23. The van der Waals surface area contributed by atoms with Crippen molar-refractivity contribution in [3.63, 3.8) is 0 Å². The molecule has 1 aromatic heterocycles. The normalized spacial score (nSPS) is 14.5. The molecule has 1 aliphatic heterocycles. The smallest absolute Gasteiger partial charge is 0.141 e. The monoisotopic (exact) mass is 438 g/mol. The minimum Gasteiger partial charge on any atom is -0.456 e. The Labute approximate surface area is 195 Å². The molecule has 0 bridgehead atoms. The van der Waals surface area contributed by atoms with Gasteiger partial charge >= 0.3 is 0 Å². The molecule has 2 heteroatoms. The number of hydrogen-bond donors (Lipinski definition) is 0. The van der Waals surface area contributed by atoms with Gasteiger partial charge in [0.2, 0.25) is 0 Å². The van der Waals surface area contributed by atoms with Crippen LogP contribution in [0.5, 0.6) is 11.5 Å². The third-order valence-electron chi connectivity index (χ3n) is 7.36. The summed E-state index contributed by atoms with van der Waals surface area (Å²) in [4.78, 5) is 0. The highest BCUT2D eigenvalue weighted by Crippen LogP contribution is 2.63. The van der Waals surface area contributed by atoms with Crippen LogP contribution in [-0.2, 0) is 5.41 Å². The number of ether oxygens (including phenoxy) is 1. The van der Waals surface area contributed by atoms with Crippen molar-refractivity contribution in [2.75, 3.05) is 0 Å². The number of thiophene rings is 1. The Morgan fingerprint density at radius 3 is 1.94 bits per heavy atom. The van der Waals surface area contributed by atoms with E-state index in [-0.39, 0.29) is 0 Å². The van der Waals surface area contributed by atoms with Gasteiger partial charge in [-0.15, -0.1) is 11.3 Å². The molecule has 1 spiro atoms. The highest BCUT2D eigenvalue weighted by molar-refractivity contribution is 7.25. The number of para-hydroxylation sites is 1. The zero-order valence-electron chi connectivity index (χ0n) is 17.7. The van der Waals surface area contributed by atoms with Gasteiger partial charge in [-0.3, -0.25) is 0 Å². The van der Waals surface area contributed by atoms with E-state index in [1.165, 1.54) is 53.6 Å². The molecule has 0 fully saturated rings. The first-order valence-corrected chi connectivity index (χ1v) is 12.1. The zero-order valence-corrected chi connectivity index (χ0v) is 18.5. The third-order valence-corrected chi connectivity index (χ3v) is 8.49. The highest BCUT2D eigenvalue weighted by Gasteiger charge is 2.51. The van der Waals surface area contributed by atoms with Crippen molar-refractivity contribution >= 4 is 31.5 Å². The van der Waals surface area contributed by atoms with E-state index in [1.54, 1.807) is 0 Å². The lowest BCUT2D eigenvalue weighted by Gasteiger charge is -2.39. The second kappa shape index (κ2) is 6.12. The fraction of sp³-hybridized carbons (Fsp3) is 0.0323. The molecule has 0 saturated carbocycles. The van der Waals surface area contributed by atoms with Gasteiger partial charge in [0.1, 0.15) is 11.5 Å². The molecule has 1 aliphatic carbocycles. The molecule has 0 unspecified atom stereocenters. The van der Waals surface area contributed by atoms with Crippen molar-refractivity contribution < 1.29 is 4.74 Å². The molecule has 5 aromatic carbocycles. The van der Waals surface area contributed by atoms with Gasteiger partial charge in [0.05, 0.1) is 5.41 Å². The van der Waals surface area contributed by atoms with Gasteiger partial charge in [0.25, 0.3) is 0 Å². The average molecular weight is 439 g/mol. The summed E-state index contributed by atoms with van der Waals surface area (Å²) in [6.07, 6.45) is 0. The largest absolute Gasteiger partial charge is 0.456 e. The molecule has 0 N–H and O–H groups in total. The van der Waals surface area contributed by atoms with Gasteiger partial charge in [-0.25, -0.2) is 0 Å². The first-order valence-electron chi connectivity index (χ1n) is 11.3. The van der Waals surface area contributed by atoms with Crippen LogP contribution in [0.3, 0.4) is 0 Å². The first kappa shape index (κ1) is 17.6. The molecule has 33 heavy (non-hydrogen) atoms. The minimum atomic E-state index is -0.394. The topological polar surface area (TPSA) is 9.23 Å². The molecule has 0 saturated heterocycles. The van der Waals surface area contributed by atoms with Gasteiger partial charge in [0, 0.05) is 31.3 Å². The second-order valence-electron chi connectivity index (χ2n) is 8.85. The maximum atomic E-state index is 6.78. The zero-order chi connectivity index (χ0) is 21.6. The Kier molecular flexibility index (Phi) is 3.27. The van der Waals surface area contributed by atoms with Gasteiger partial charge in [-0.1, -0.05) is 91.0 Å². The predicted octanol–water partition coefficient (Wildman–Crippen LogP) is 8.52. The maximum Gasteiger partial charge on any atom is 0.141 e. The minimum absolute atomic E-state index is 0.394. The Morgan fingerprint density at radius 2 is 1.15 bits per heavy atom. The first-order chi connectivity index (χ1) is 16.4. The Hall–Kier alpha value is -3.88. The van der Waals surface area contributed by atoms with Crippen molar-refractivity contribution in [2.24, 2.45) is 0 Å². The van der Waals surface area contributed by atoms with Gasteiger partial charge in [0.15, 0.2) is 0 Å². The van der Waals surface area contributed by atoms with E-state index in [4.69, 9.17) is 4.74 Å². The number of hydrogen-bond acceptors (Lipinski definition) is 2. The molecule has 1 nitrogen and oxygen atoms in total. The molecule has 6 aromatic rings.